The molecule has 8 heteroatoms. The highest BCUT2D eigenvalue weighted by Gasteiger charge is 2.28. The number of hydrogen-bond acceptors (Lipinski definition) is 6. The Bertz CT molecular complexity index is 764. The van der Waals surface area contributed by atoms with Crippen molar-refractivity contribution < 1.29 is 14.0 Å². The highest BCUT2D eigenvalue weighted by Crippen LogP contribution is 2.27. The number of aryl methyl sites for hydroxylation is 1. The fourth-order valence-corrected chi connectivity index (χ4v) is 3.48. The van der Waals surface area contributed by atoms with Crippen LogP contribution in [0.25, 0.3) is 11.4 Å². The predicted molar refractivity (Wildman–Crippen MR) is 89.3 cm³/mol. The molecule has 2 aromatic rings. The van der Waals surface area contributed by atoms with E-state index < -0.39 is 0 Å². The van der Waals surface area contributed by atoms with Gasteiger partial charge in [-0.25, -0.2) is 0 Å². The van der Waals surface area contributed by atoms with Crippen LogP contribution in [0, 0.1) is 6.92 Å². The maximum Gasteiger partial charge on any atom is 0.229 e. The summed E-state index contributed by atoms with van der Waals surface area (Å²) in [7, 11) is 0. The fourth-order valence-electron chi connectivity index (χ4n) is 2.61. The van der Waals surface area contributed by atoms with Crippen LogP contribution in [0.4, 0.5) is 0 Å². The molecule has 2 amide bonds. The third kappa shape index (κ3) is 3.14. The van der Waals surface area contributed by atoms with Gasteiger partial charge in [0.25, 0.3) is 0 Å². The minimum absolute atomic E-state index is 0.0946. The maximum absolute atomic E-state index is 11.6. The molecule has 2 aromatic heterocycles. The van der Waals surface area contributed by atoms with Gasteiger partial charge in [-0.15, -0.1) is 16.8 Å². The summed E-state index contributed by atoms with van der Waals surface area (Å²) in [6, 6.07) is 1.86. The van der Waals surface area contributed by atoms with Crippen molar-refractivity contribution in [1.29, 1.82) is 0 Å². The van der Waals surface area contributed by atoms with Crippen LogP contribution < -0.4 is 0 Å². The third-order valence-corrected chi connectivity index (χ3v) is 4.78. The van der Waals surface area contributed by atoms with E-state index >= 15 is 0 Å². The van der Waals surface area contributed by atoms with Gasteiger partial charge in [-0.1, -0.05) is 17.8 Å². The highest BCUT2D eigenvalue weighted by atomic mass is 32.2. The summed E-state index contributed by atoms with van der Waals surface area (Å²) in [6.07, 6.45) is 4.04. The molecular weight excluding hydrogens is 328 g/mol. The SMILES string of the molecule is C=CCn1c(SCCN2C(=O)CCC2=O)nnc1-c1ccoc1C. The van der Waals surface area contributed by atoms with E-state index in [0.29, 0.717) is 31.7 Å². The average molecular weight is 346 g/mol. The molecule has 0 spiro atoms. The molecule has 126 valence electrons. The number of nitrogens with zero attached hydrogens (tertiary/aromatic N) is 4. The first-order chi connectivity index (χ1) is 11.6. The molecule has 1 aliphatic rings. The van der Waals surface area contributed by atoms with Crippen molar-refractivity contribution in [2.75, 3.05) is 12.3 Å². The van der Waals surface area contributed by atoms with Gasteiger partial charge in [0.05, 0.1) is 11.8 Å². The van der Waals surface area contributed by atoms with E-state index in [-0.39, 0.29) is 11.8 Å². The summed E-state index contributed by atoms with van der Waals surface area (Å²) in [6.45, 7) is 6.61. The second-order valence-electron chi connectivity index (χ2n) is 5.38. The number of carbonyl (C=O) groups excluding carboxylic acids is 2. The number of likely N-dealkylation sites (tertiary alicyclic amines) is 1. The Labute approximate surface area is 143 Å². The largest absolute Gasteiger partial charge is 0.469 e. The number of rotatable bonds is 7. The van der Waals surface area contributed by atoms with Gasteiger partial charge in [-0.3, -0.25) is 19.1 Å². The summed E-state index contributed by atoms with van der Waals surface area (Å²) in [5.41, 5.74) is 0.890. The van der Waals surface area contributed by atoms with E-state index in [1.165, 1.54) is 16.7 Å². The van der Waals surface area contributed by atoms with Crippen LogP contribution in [-0.2, 0) is 16.1 Å². The molecule has 1 saturated heterocycles. The number of carbonyl (C=O) groups is 2. The number of hydrogen-bond donors (Lipinski definition) is 0. The second-order valence-corrected chi connectivity index (χ2v) is 6.45. The van der Waals surface area contributed by atoms with Crippen LogP contribution in [0.3, 0.4) is 0 Å². The van der Waals surface area contributed by atoms with Crippen LogP contribution in [0.5, 0.6) is 0 Å². The Balaban J connectivity index is 1.73. The van der Waals surface area contributed by atoms with Gasteiger partial charge in [0, 0.05) is 31.7 Å². The predicted octanol–water partition coefficient (Wildman–Crippen LogP) is 2.27. The van der Waals surface area contributed by atoms with Gasteiger partial charge in [0.15, 0.2) is 11.0 Å². The molecule has 0 aliphatic carbocycles. The molecule has 1 fully saturated rings. The Morgan fingerprint density at radius 1 is 1.33 bits per heavy atom. The second kappa shape index (κ2) is 7.04. The van der Waals surface area contributed by atoms with Crippen LogP contribution in [0.2, 0.25) is 0 Å². The fraction of sp³-hybridized carbons (Fsp3) is 0.375. The molecule has 1 aliphatic heterocycles. The molecule has 0 radical (unpaired) electrons. The van der Waals surface area contributed by atoms with Crippen molar-refractivity contribution in [2.24, 2.45) is 0 Å². The topological polar surface area (TPSA) is 81.2 Å². The minimum Gasteiger partial charge on any atom is -0.469 e. The number of aromatic nitrogens is 3. The lowest BCUT2D eigenvalue weighted by Crippen LogP contribution is -2.31. The normalized spacial score (nSPS) is 14.6. The van der Waals surface area contributed by atoms with Crippen molar-refractivity contribution in [2.45, 2.75) is 31.5 Å². The van der Waals surface area contributed by atoms with E-state index in [9.17, 15) is 9.59 Å². The molecule has 3 heterocycles. The first-order valence-electron chi connectivity index (χ1n) is 7.66. The molecule has 0 unspecified atom stereocenters. The first kappa shape index (κ1) is 16.5. The summed E-state index contributed by atoms with van der Waals surface area (Å²) >= 11 is 1.47. The van der Waals surface area contributed by atoms with Crippen molar-refractivity contribution in [1.82, 2.24) is 19.7 Å². The number of amides is 2. The van der Waals surface area contributed by atoms with E-state index in [2.05, 4.69) is 16.8 Å². The number of thioether (sulfide) groups is 1. The first-order valence-corrected chi connectivity index (χ1v) is 8.65. The van der Waals surface area contributed by atoms with Gasteiger partial charge in [-0.05, 0) is 13.0 Å². The summed E-state index contributed by atoms with van der Waals surface area (Å²) in [4.78, 5) is 24.6. The molecule has 0 atom stereocenters. The molecule has 24 heavy (non-hydrogen) atoms. The van der Waals surface area contributed by atoms with Crippen molar-refractivity contribution in [3.63, 3.8) is 0 Å². The van der Waals surface area contributed by atoms with Gasteiger partial charge in [0.2, 0.25) is 11.8 Å². The van der Waals surface area contributed by atoms with Crippen molar-refractivity contribution in [3.05, 3.63) is 30.7 Å². The molecule has 0 aromatic carbocycles. The minimum atomic E-state index is -0.0946. The van der Waals surface area contributed by atoms with E-state index in [1.54, 1.807) is 12.3 Å². The third-order valence-electron chi connectivity index (χ3n) is 3.83. The molecule has 0 bridgehead atoms. The number of allylic oxidation sites excluding steroid dienone is 1. The zero-order chi connectivity index (χ0) is 17.1. The standard InChI is InChI=1S/C16H18N4O3S/c1-3-7-20-15(12-6-9-23-11(12)2)17-18-16(20)24-10-8-19-13(21)4-5-14(19)22/h3,6,9H,1,4-5,7-8,10H2,2H3. The zero-order valence-corrected chi connectivity index (χ0v) is 14.2. The number of imide groups is 1. The van der Waals surface area contributed by atoms with Crippen molar-refractivity contribution >= 4 is 23.6 Å². The summed E-state index contributed by atoms with van der Waals surface area (Å²) in [5, 5.41) is 9.21. The van der Waals surface area contributed by atoms with Crippen molar-refractivity contribution in [3.8, 4) is 11.4 Å². The van der Waals surface area contributed by atoms with Gasteiger partial charge in [-0.2, -0.15) is 0 Å². The molecule has 3 rings (SSSR count). The van der Waals surface area contributed by atoms with E-state index in [1.807, 2.05) is 17.6 Å². The average Bonchev–Trinajstić information content (AvgIpc) is 3.23. The van der Waals surface area contributed by atoms with Crippen LogP contribution >= 0.6 is 11.8 Å². The van der Waals surface area contributed by atoms with Gasteiger partial charge in [0.1, 0.15) is 5.76 Å². The van der Waals surface area contributed by atoms with Crippen LogP contribution in [-0.4, -0.2) is 43.8 Å². The summed E-state index contributed by atoms with van der Waals surface area (Å²) in [5.74, 6) is 1.89. The Hall–Kier alpha value is -2.35. The zero-order valence-electron chi connectivity index (χ0n) is 13.4. The monoisotopic (exact) mass is 346 g/mol. The summed E-state index contributed by atoms with van der Waals surface area (Å²) < 4.78 is 7.29. The lowest BCUT2D eigenvalue weighted by atomic mass is 10.2. The Morgan fingerprint density at radius 2 is 2.08 bits per heavy atom. The van der Waals surface area contributed by atoms with Crippen LogP contribution in [0.1, 0.15) is 18.6 Å². The van der Waals surface area contributed by atoms with Crippen LogP contribution in [0.15, 0.2) is 34.6 Å². The molecule has 0 saturated carbocycles. The quantitative estimate of drug-likeness (QED) is 0.435. The molecule has 7 nitrogen and oxygen atoms in total. The smallest absolute Gasteiger partial charge is 0.229 e. The highest BCUT2D eigenvalue weighted by molar-refractivity contribution is 7.99. The van der Waals surface area contributed by atoms with E-state index in [4.69, 9.17) is 4.42 Å². The van der Waals surface area contributed by atoms with Gasteiger partial charge >= 0.3 is 0 Å². The molecule has 0 N–H and O–H groups in total. The number of furan rings is 1. The van der Waals surface area contributed by atoms with Gasteiger partial charge < -0.3 is 4.42 Å². The molecular formula is C16H18N4O3S. The van der Waals surface area contributed by atoms with E-state index in [0.717, 1.165) is 22.3 Å². The lowest BCUT2D eigenvalue weighted by Gasteiger charge is -2.13. The Morgan fingerprint density at radius 3 is 2.71 bits per heavy atom. The lowest BCUT2D eigenvalue weighted by molar-refractivity contribution is -0.137. The maximum atomic E-state index is 11.6. The Kier molecular flexibility index (Phi) is 4.84.